The first-order chi connectivity index (χ1) is 7.81. The summed E-state index contributed by atoms with van der Waals surface area (Å²) in [5, 5.41) is 14.1. The topological polar surface area (TPSA) is 47.0 Å². The summed E-state index contributed by atoms with van der Waals surface area (Å²) in [7, 11) is 0. The molecule has 0 amide bonds. The van der Waals surface area contributed by atoms with Crippen LogP contribution in [0, 0.1) is 0 Å². The van der Waals surface area contributed by atoms with Crippen LogP contribution in [0.25, 0.3) is 0 Å². The highest BCUT2D eigenvalue weighted by molar-refractivity contribution is 7.11. The van der Waals surface area contributed by atoms with Crippen molar-refractivity contribution in [3.05, 3.63) is 10.0 Å². The highest BCUT2D eigenvalue weighted by Crippen LogP contribution is 2.32. The molecule has 0 saturated carbocycles. The van der Waals surface area contributed by atoms with Crippen LogP contribution in [0.3, 0.4) is 0 Å². The van der Waals surface area contributed by atoms with Gasteiger partial charge in [0, 0.05) is 19.1 Å². The minimum Gasteiger partial charge on any atom is -0.378 e. The summed E-state index contributed by atoms with van der Waals surface area (Å²) in [6.07, 6.45) is 2.53. The second-order valence-electron chi connectivity index (χ2n) is 4.18. The van der Waals surface area contributed by atoms with Crippen molar-refractivity contribution >= 4 is 11.3 Å². The first kappa shape index (κ1) is 12.0. The van der Waals surface area contributed by atoms with Crippen molar-refractivity contribution in [1.82, 2.24) is 15.5 Å². The zero-order chi connectivity index (χ0) is 11.4. The van der Waals surface area contributed by atoms with Crippen molar-refractivity contribution in [2.75, 3.05) is 13.2 Å². The molecule has 1 saturated heterocycles. The Morgan fingerprint density at radius 2 is 2.38 bits per heavy atom. The predicted molar refractivity (Wildman–Crippen MR) is 64.7 cm³/mol. The maximum absolute atomic E-state index is 5.55. The van der Waals surface area contributed by atoms with Gasteiger partial charge in [-0.3, -0.25) is 0 Å². The van der Waals surface area contributed by atoms with Crippen molar-refractivity contribution in [3.63, 3.8) is 0 Å². The molecule has 0 spiro atoms. The fraction of sp³-hybridized carbons (Fsp3) is 0.818. The Balaban J connectivity index is 1.91. The maximum atomic E-state index is 5.55. The average Bonchev–Trinajstić information content (AvgIpc) is 2.87. The van der Waals surface area contributed by atoms with Gasteiger partial charge >= 0.3 is 0 Å². The van der Waals surface area contributed by atoms with E-state index in [1.165, 1.54) is 0 Å². The molecule has 4 nitrogen and oxygen atoms in total. The van der Waals surface area contributed by atoms with E-state index in [0.717, 1.165) is 42.6 Å². The summed E-state index contributed by atoms with van der Waals surface area (Å²) < 4.78 is 5.55. The third-order valence-electron chi connectivity index (χ3n) is 2.88. The fourth-order valence-electron chi connectivity index (χ4n) is 1.92. The molecule has 0 aromatic carbocycles. The molecular formula is C11H19N3OS. The van der Waals surface area contributed by atoms with Gasteiger partial charge in [0.25, 0.3) is 0 Å². The van der Waals surface area contributed by atoms with Gasteiger partial charge in [0.15, 0.2) is 0 Å². The molecule has 1 aliphatic rings. The molecule has 5 heteroatoms. The van der Waals surface area contributed by atoms with E-state index in [9.17, 15) is 0 Å². The lowest BCUT2D eigenvalue weighted by atomic mass is 10.0. The SMILES string of the molecule is CCCNCc1nnc(C2CCOC2C)s1. The van der Waals surface area contributed by atoms with E-state index in [1.54, 1.807) is 11.3 Å². The Bertz CT molecular complexity index is 329. The number of hydrogen-bond acceptors (Lipinski definition) is 5. The number of aromatic nitrogens is 2. The largest absolute Gasteiger partial charge is 0.378 e. The highest BCUT2D eigenvalue weighted by Gasteiger charge is 2.28. The molecule has 90 valence electrons. The number of rotatable bonds is 5. The Kier molecular flexibility index (Phi) is 4.26. The molecule has 0 aliphatic carbocycles. The minimum absolute atomic E-state index is 0.296. The van der Waals surface area contributed by atoms with Crippen molar-refractivity contribution in [2.24, 2.45) is 0 Å². The summed E-state index contributed by atoms with van der Waals surface area (Å²) in [6.45, 7) is 7.02. The summed E-state index contributed by atoms with van der Waals surface area (Å²) in [4.78, 5) is 0. The van der Waals surface area contributed by atoms with E-state index in [-0.39, 0.29) is 0 Å². The van der Waals surface area contributed by atoms with Gasteiger partial charge in [0.2, 0.25) is 0 Å². The van der Waals surface area contributed by atoms with Gasteiger partial charge in [-0.15, -0.1) is 10.2 Å². The quantitative estimate of drug-likeness (QED) is 0.800. The van der Waals surface area contributed by atoms with Crippen LogP contribution in [0.1, 0.15) is 42.6 Å². The summed E-state index contributed by atoms with van der Waals surface area (Å²) in [6, 6.07) is 0. The molecule has 1 aliphatic heterocycles. The smallest absolute Gasteiger partial charge is 0.131 e. The van der Waals surface area contributed by atoms with E-state index >= 15 is 0 Å². The Hall–Kier alpha value is -0.520. The van der Waals surface area contributed by atoms with Crippen LogP contribution in [0.15, 0.2) is 0 Å². The lowest BCUT2D eigenvalue weighted by Crippen LogP contribution is -2.13. The average molecular weight is 241 g/mol. The fourth-order valence-corrected chi connectivity index (χ4v) is 2.96. The summed E-state index contributed by atoms with van der Waals surface area (Å²) in [5.74, 6) is 0.456. The lowest BCUT2D eigenvalue weighted by molar-refractivity contribution is 0.118. The van der Waals surface area contributed by atoms with Gasteiger partial charge in [-0.05, 0) is 26.3 Å². The molecule has 2 heterocycles. The second-order valence-corrected chi connectivity index (χ2v) is 5.28. The van der Waals surface area contributed by atoms with Gasteiger partial charge in [-0.1, -0.05) is 18.3 Å². The summed E-state index contributed by atoms with van der Waals surface area (Å²) >= 11 is 1.72. The van der Waals surface area contributed by atoms with Gasteiger partial charge < -0.3 is 10.1 Å². The van der Waals surface area contributed by atoms with Crippen LogP contribution in [0.5, 0.6) is 0 Å². The third kappa shape index (κ3) is 2.78. The van der Waals surface area contributed by atoms with E-state index in [2.05, 4.69) is 29.4 Å². The number of ether oxygens (including phenoxy) is 1. The Morgan fingerprint density at radius 1 is 1.50 bits per heavy atom. The van der Waals surface area contributed by atoms with Crippen LogP contribution in [-0.4, -0.2) is 29.5 Å². The number of nitrogens with zero attached hydrogens (tertiary/aromatic N) is 2. The zero-order valence-electron chi connectivity index (χ0n) is 9.90. The van der Waals surface area contributed by atoms with Crippen LogP contribution >= 0.6 is 11.3 Å². The van der Waals surface area contributed by atoms with Crippen molar-refractivity contribution in [3.8, 4) is 0 Å². The Morgan fingerprint density at radius 3 is 3.06 bits per heavy atom. The second kappa shape index (κ2) is 5.70. The number of hydrogen-bond donors (Lipinski definition) is 1. The molecule has 2 atom stereocenters. The van der Waals surface area contributed by atoms with Crippen molar-refractivity contribution in [2.45, 2.75) is 45.3 Å². The zero-order valence-corrected chi connectivity index (χ0v) is 10.7. The molecule has 0 bridgehead atoms. The maximum Gasteiger partial charge on any atom is 0.131 e. The van der Waals surface area contributed by atoms with Crippen LogP contribution in [0.2, 0.25) is 0 Å². The standard InChI is InChI=1S/C11H19N3OS/c1-3-5-12-7-10-13-14-11(16-10)9-4-6-15-8(9)2/h8-9,12H,3-7H2,1-2H3. The normalized spacial score (nSPS) is 25.1. The molecule has 2 unspecified atom stereocenters. The highest BCUT2D eigenvalue weighted by atomic mass is 32.1. The van der Waals surface area contributed by atoms with Crippen molar-refractivity contribution in [1.29, 1.82) is 0 Å². The van der Waals surface area contributed by atoms with E-state index in [0.29, 0.717) is 12.0 Å². The van der Waals surface area contributed by atoms with E-state index < -0.39 is 0 Å². The minimum atomic E-state index is 0.296. The molecule has 1 N–H and O–H groups in total. The molecule has 0 radical (unpaired) electrons. The van der Waals surface area contributed by atoms with E-state index in [1.807, 2.05) is 0 Å². The van der Waals surface area contributed by atoms with Crippen LogP contribution in [0.4, 0.5) is 0 Å². The first-order valence-electron chi connectivity index (χ1n) is 5.96. The van der Waals surface area contributed by atoms with Crippen LogP contribution in [-0.2, 0) is 11.3 Å². The van der Waals surface area contributed by atoms with Gasteiger partial charge in [-0.2, -0.15) is 0 Å². The van der Waals surface area contributed by atoms with Crippen LogP contribution < -0.4 is 5.32 Å². The monoisotopic (exact) mass is 241 g/mol. The predicted octanol–water partition coefficient (Wildman–Crippen LogP) is 1.93. The lowest BCUT2D eigenvalue weighted by Gasteiger charge is -2.08. The van der Waals surface area contributed by atoms with Gasteiger partial charge in [0.05, 0.1) is 6.10 Å². The molecule has 1 aromatic heterocycles. The Labute approximate surface area is 100 Å². The molecule has 2 rings (SSSR count). The van der Waals surface area contributed by atoms with E-state index in [4.69, 9.17) is 4.74 Å². The first-order valence-corrected chi connectivity index (χ1v) is 6.77. The molecule has 16 heavy (non-hydrogen) atoms. The van der Waals surface area contributed by atoms with Crippen molar-refractivity contribution < 1.29 is 4.74 Å². The number of nitrogens with one attached hydrogen (secondary N) is 1. The van der Waals surface area contributed by atoms with Gasteiger partial charge in [-0.25, -0.2) is 0 Å². The molecule has 1 fully saturated rings. The third-order valence-corrected chi connectivity index (χ3v) is 3.93. The van der Waals surface area contributed by atoms with Gasteiger partial charge in [0.1, 0.15) is 10.0 Å². The molecular weight excluding hydrogens is 222 g/mol. The summed E-state index contributed by atoms with van der Waals surface area (Å²) in [5.41, 5.74) is 0. The molecule has 1 aromatic rings.